The molecule has 142 valence electrons. The van der Waals surface area contributed by atoms with Gasteiger partial charge in [-0.1, -0.05) is 46.7 Å². The first-order chi connectivity index (χ1) is 12.1. The summed E-state index contributed by atoms with van der Waals surface area (Å²) < 4.78 is 5.66. The van der Waals surface area contributed by atoms with E-state index in [0.717, 1.165) is 36.3 Å². The lowest BCUT2D eigenvalue weighted by molar-refractivity contribution is 0.0943. The van der Waals surface area contributed by atoms with Gasteiger partial charge in [-0.05, 0) is 60.3 Å². The van der Waals surface area contributed by atoms with Crippen LogP contribution in [0.1, 0.15) is 84.0 Å². The van der Waals surface area contributed by atoms with E-state index < -0.39 is 0 Å². The summed E-state index contributed by atoms with van der Waals surface area (Å²) in [5.74, 6) is 0.881. The number of nitrogens with zero attached hydrogens (tertiary/aromatic N) is 2. The summed E-state index contributed by atoms with van der Waals surface area (Å²) in [6.45, 7) is 16.0. The number of rotatable bonds is 1. The predicted molar refractivity (Wildman–Crippen MR) is 107 cm³/mol. The molecular weight excluding hydrogens is 320 g/mol. The van der Waals surface area contributed by atoms with E-state index in [0.29, 0.717) is 5.41 Å². The number of benzene rings is 1. The average Bonchev–Trinajstić information content (AvgIpc) is 3.14. The Balaban J connectivity index is 1.51. The molecule has 0 unspecified atom stereocenters. The molecule has 1 aliphatic heterocycles. The Bertz CT molecular complexity index is 798. The van der Waals surface area contributed by atoms with Gasteiger partial charge in [-0.15, -0.1) is 0 Å². The molecule has 0 amide bonds. The van der Waals surface area contributed by atoms with E-state index >= 15 is 0 Å². The molecule has 0 atom stereocenters. The summed E-state index contributed by atoms with van der Waals surface area (Å²) in [6.07, 6.45) is 5.45. The van der Waals surface area contributed by atoms with Crippen molar-refractivity contribution in [3.63, 3.8) is 0 Å². The van der Waals surface area contributed by atoms with Crippen molar-refractivity contribution < 1.29 is 4.52 Å². The van der Waals surface area contributed by atoms with E-state index in [1.165, 1.54) is 42.2 Å². The van der Waals surface area contributed by atoms with Gasteiger partial charge in [0.2, 0.25) is 0 Å². The third kappa shape index (κ3) is 3.19. The molecule has 0 N–H and O–H groups in total. The molecule has 2 aromatic rings. The second-order valence-electron chi connectivity index (χ2n) is 10.7. The first kappa shape index (κ1) is 18.0. The third-order valence-electron chi connectivity index (χ3n) is 6.69. The third-order valence-corrected chi connectivity index (χ3v) is 6.69. The fourth-order valence-corrected chi connectivity index (χ4v) is 4.97. The van der Waals surface area contributed by atoms with Gasteiger partial charge in [-0.25, -0.2) is 0 Å². The molecule has 26 heavy (non-hydrogen) atoms. The number of hydrogen-bond acceptors (Lipinski definition) is 3. The zero-order valence-corrected chi connectivity index (χ0v) is 17.4. The van der Waals surface area contributed by atoms with Gasteiger partial charge >= 0.3 is 0 Å². The molecule has 1 aliphatic carbocycles. The zero-order valence-electron chi connectivity index (χ0n) is 17.4. The van der Waals surface area contributed by atoms with Crippen molar-refractivity contribution in [2.24, 2.45) is 11.3 Å². The predicted octanol–water partition coefficient (Wildman–Crippen LogP) is 6.05. The highest BCUT2D eigenvalue weighted by Crippen LogP contribution is 2.41. The summed E-state index contributed by atoms with van der Waals surface area (Å²) >= 11 is 0. The van der Waals surface area contributed by atoms with Crippen LogP contribution in [-0.4, -0.2) is 16.1 Å². The van der Waals surface area contributed by atoms with E-state index in [2.05, 4.69) is 63.7 Å². The maximum Gasteiger partial charge on any atom is 0.167 e. The van der Waals surface area contributed by atoms with Crippen molar-refractivity contribution in [1.82, 2.24) is 10.1 Å². The Hall–Kier alpha value is -1.35. The Morgan fingerprint density at radius 3 is 2.12 bits per heavy atom. The van der Waals surface area contributed by atoms with Crippen molar-refractivity contribution in [3.05, 3.63) is 29.0 Å². The van der Waals surface area contributed by atoms with Gasteiger partial charge in [0.25, 0.3) is 0 Å². The lowest BCUT2D eigenvalue weighted by Gasteiger charge is -2.40. The van der Waals surface area contributed by atoms with Crippen LogP contribution in [0.25, 0.3) is 11.0 Å². The van der Waals surface area contributed by atoms with Crippen LogP contribution in [0.4, 0.5) is 0 Å². The zero-order chi connectivity index (χ0) is 18.7. The molecule has 0 spiro atoms. The van der Waals surface area contributed by atoms with E-state index in [1.807, 2.05) is 0 Å². The highest BCUT2D eigenvalue weighted by Gasteiger charge is 2.34. The van der Waals surface area contributed by atoms with E-state index in [-0.39, 0.29) is 5.41 Å². The summed E-state index contributed by atoms with van der Waals surface area (Å²) in [4.78, 5) is 2.70. The maximum atomic E-state index is 5.66. The molecule has 2 heterocycles. The van der Waals surface area contributed by atoms with Crippen LogP contribution in [0.15, 0.2) is 16.7 Å². The van der Waals surface area contributed by atoms with E-state index in [9.17, 15) is 0 Å². The fourth-order valence-electron chi connectivity index (χ4n) is 4.97. The first-order valence-electron chi connectivity index (χ1n) is 10.3. The summed E-state index contributed by atoms with van der Waals surface area (Å²) in [5.41, 5.74) is 5.42. The highest BCUT2D eigenvalue weighted by atomic mass is 16.5. The van der Waals surface area contributed by atoms with Crippen molar-refractivity contribution in [1.29, 1.82) is 0 Å². The Kier molecular flexibility index (Phi) is 4.22. The fraction of sp³-hybridized carbons (Fsp3) is 0.696. The average molecular weight is 355 g/mol. The van der Waals surface area contributed by atoms with Gasteiger partial charge in [-0.2, -0.15) is 0 Å². The quantitative estimate of drug-likeness (QED) is 0.624. The second kappa shape index (κ2) is 6.09. The van der Waals surface area contributed by atoms with Crippen molar-refractivity contribution in [2.45, 2.75) is 91.8 Å². The maximum absolute atomic E-state index is 5.66. The van der Waals surface area contributed by atoms with Gasteiger partial charge in [0.15, 0.2) is 5.58 Å². The van der Waals surface area contributed by atoms with Gasteiger partial charge in [-0.3, -0.25) is 4.90 Å². The molecule has 4 rings (SSSR count). The van der Waals surface area contributed by atoms with Crippen LogP contribution in [0.3, 0.4) is 0 Å². The molecule has 0 radical (unpaired) electrons. The monoisotopic (exact) mass is 354 g/mol. The Labute approximate surface area is 158 Å². The van der Waals surface area contributed by atoms with E-state index in [4.69, 9.17) is 4.52 Å². The van der Waals surface area contributed by atoms with Crippen LogP contribution in [0.2, 0.25) is 0 Å². The Morgan fingerprint density at radius 2 is 1.54 bits per heavy atom. The molecule has 0 bridgehead atoms. The van der Waals surface area contributed by atoms with Gasteiger partial charge in [0.05, 0.1) is 5.69 Å². The van der Waals surface area contributed by atoms with Crippen LogP contribution < -0.4 is 0 Å². The van der Waals surface area contributed by atoms with E-state index in [1.54, 1.807) is 0 Å². The first-order valence-corrected chi connectivity index (χ1v) is 10.3. The van der Waals surface area contributed by atoms with Crippen molar-refractivity contribution >= 4 is 11.0 Å². The molecule has 0 saturated heterocycles. The lowest BCUT2D eigenvalue weighted by atomic mass is 9.71. The summed E-state index contributed by atoms with van der Waals surface area (Å²) in [7, 11) is 0. The summed E-state index contributed by atoms with van der Waals surface area (Å²) in [5, 5.41) is 5.56. The standard InChI is InChI=1S/C23H34N2O/c1-22(2,3)17-7-9-18(10-8-17)25-13-15-11-19-20(12-16(15)14-25)26-24-21(19)23(4,5)6/h11-12,17-18H,7-10,13-14H2,1-6H3. The molecule has 1 saturated carbocycles. The smallest absolute Gasteiger partial charge is 0.167 e. The van der Waals surface area contributed by atoms with Crippen LogP contribution in [0, 0.1) is 11.3 Å². The van der Waals surface area contributed by atoms with Crippen molar-refractivity contribution in [3.8, 4) is 0 Å². The molecule has 1 aromatic carbocycles. The Morgan fingerprint density at radius 1 is 0.923 bits per heavy atom. The minimum Gasteiger partial charge on any atom is -0.356 e. The molecular formula is C23H34N2O. The molecule has 1 aromatic heterocycles. The van der Waals surface area contributed by atoms with Gasteiger partial charge in [0, 0.05) is 29.9 Å². The SMILES string of the molecule is CC(C)(C)c1noc2cc3c(cc12)CN(C1CCC(C(C)(C)C)CC1)C3. The molecule has 3 nitrogen and oxygen atoms in total. The highest BCUT2D eigenvalue weighted by molar-refractivity contribution is 5.82. The van der Waals surface area contributed by atoms with Crippen LogP contribution >= 0.6 is 0 Å². The molecule has 1 fully saturated rings. The molecule has 3 heteroatoms. The van der Waals surface area contributed by atoms with Gasteiger partial charge < -0.3 is 4.52 Å². The second-order valence-corrected chi connectivity index (χ2v) is 10.7. The van der Waals surface area contributed by atoms with Crippen LogP contribution in [0.5, 0.6) is 0 Å². The number of fused-ring (bicyclic) bond motifs is 2. The largest absolute Gasteiger partial charge is 0.356 e. The lowest BCUT2D eigenvalue weighted by Crippen LogP contribution is -2.36. The van der Waals surface area contributed by atoms with Gasteiger partial charge in [0.1, 0.15) is 0 Å². The van der Waals surface area contributed by atoms with Crippen molar-refractivity contribution in [2.75, 3.05) is 0 Å². The number of aromatic nitrogens is 1. The topological polar surface area (TPSA) is 29.3 Å². The van der Waals surface area contributed by atoms with Crippen LogP contribution in [-0.2, 0) is 18.5 Å². The molecule has 2 aliphatic rings. The minimum atomic E-state index is 0.0170. The minimum absolute atomic E-state index is 0.0170. The summed E-state index contributed by atoms with van der Waals surface area (Å²) in [6, 6.07) is 5.34. The normalized spacial score (nSPS) is 25.0. The number of hydrogen-bond donors (Lipinski definition) is 0.